The van der Waals surface area contributed by atoms with Gasteiger partial charge in [0.25, 0.3) is 0 Å². The first-order chi connectivity index (χ1) is 8.29. The summed E-state index contributed by atoms with van der Waals surface area (Å²) < 4.78 is 0. The highest BCUT2D eigenvalue weighted by Crippen LogP contribution is 2.28. The summed E-state index contributed by atoms with van der Waals surface area (Å²) in [5, 5.41) is 0. The van der Waals surface area contributed by atoms with Crippen LogP contribution in [0.5, 0.6) is 0 Å². The van der Waals surface area contributed by atoms with Crippen molar-refractivity contribution in [3.05, 3.63) is 11.6 Å². The second-order valence-corrected chi connectivity index (χ2v) is 5.60. The van der Waals surface area contributed by atoms with E-state index in [0.29, 0.717) is 5.78 Å². The summed E-state index contributed by atoms with van der Waals surface area (Å²) in [6.45, 7) is 0. The van der Waals surface area contributed by atoms with Gasteiger partial charge < -0.3 is 5.73 Å². The Morgan fingerprint density at radius 3 is 2.65 bits per heavy atom. The van der Waals surface area contributed by atoms with E-state index in [1.165, 1.54) is 38.5 Å². The minimum atomic E-state index is 0.114. The van der Waals surface area contributed by atoms with Gasteiger partial charge in [-0.3, -0.25) is 4.79 Å². The van der Waals surface area contributed by atoms with Crippen LogP contribution in [0.3, 0.4) is 0 Å². The lowest BCUT2D eigenvalue weighted by atomic mass is 9.79. The van der Waals surface area contributed by atoms with Gasteiger partial charge in [-0.15, -0.1) is 0 Å². The molecule has 2 N–H and O–H groups in total. The van der Waals surface area contributed by atoms with Gasteiger partial charge in [-0.05, 0) is 44.1 Å². The summed E-state index contributed by atoms with van der Waals surface area (Å²) in [6, 6.07) is 0.114. The first-order valence-corrected chi connectivity index (χ1v) is 7.28. The summed E-state index contributed by atoms with van der Waals surface area (Å²) in [4.78, 5) is 12.5. The van der Waals surface area contributed by atoms with E-state index < -0.39 is 0 Å². The van der Waals surface area contributed by atoms with Crippen molar-refractivity contribution >= 4 is 5.78 Å². The van der Waals surface area contributed by atoms with Gasteiger partial charge in [0, 0.05) is 12.0 Å². The monoisotopic (exact) mass is 235 g/mol. The fourth-order valence-electron chi connectivity index (χ4n) is 3.14. The number of carbonyl (C=O) groups excluding carboxylic acids is 1. The first kappa shape index (κ1) is 12.8. The lowest BCUT2D eigenvalue weighted by Crippen LogP contribution is -2.38. The number of Topliss-reactive ketones (excluding diaryl/α,β-unsaturated/α-hetero) is 1. The van der Waals surface area contributed by atoms with E-state index >= 15 is 0 Å². The number of hydrogen-bond donors (Lipinski definition) is 1. The molecule has 0 bridgehead atoms. The fraction of sp³-hybridized carbons (Fsp3) is 0.800. The Labute approximate surface area is 105 Å². The van der Waals surface area contributed by atoms with Crippen molar-refractivity contribution in [1.29, 1.82) is 0 Å². The Bertz CT molecular complexity index is 295. The van der Waals surface area contributed by atoms with E-state index in [9.17, 15) is 4.79 Å². The highest BCUT2D eigenvalue weighted by molar-refractivity contribution is 5.97. The van der Waals surface area contributed by atoms with Gasteiger partial charge in [0.2, 0.25) is 0 Å². The van der Waals surface area contributed by atoms with Crippen LogP contribution in [-0.2, 0) is 4.79 Å². The lowest BCUT2D eigenvalue weighted by Gasteiger charge is -2.28. The Balaban J connectivity index is 2.01. The molecule has 2 heteroatoms. The third kappa shape index (κ3) is 3.41. The predicted octanol–water partition coefficient (Wildman–Crippen LogP) is 3.35. The first-order valence-electron chi connectivity index (χ1n) is 7.28. The van der Waals surface area contributed by atoms with Crippen molar-refractivity contribution in [2.45, 2.75) is 70.3 Å². The Hall–Kier alpha value is -0.630. The van der Waals surface area contributed by atoms with Crippen molar-refractivity contribution in [3.8, 4) is 0 Å². The Morgan fingerprint density at radius 1 is 1.06 bits per heavy atom. The predicted molar refractivity (Wildman–Crippen MR) is 70.7 cm³/mol. The van der Waals surface area contributed by atoms with Crippen LogP contribution in [0.15, 0.2) is 11.6 Å². The smallest absolute Gasteiger partial charge is 0.163 e. The molecule has 1 fully saturated rings. The van der Waals surface area contributed by atoms with Crippen molar-refractivity contribution in [2.75, 3.05) is 0 Å². The molecule has 2 unspecified atom stereocenters. The molecule has 0 aromatic carbocycles. The van der Waals surface area contributed by atoms with Crippen LogP contribution in [-0.4, -0.2) is 11.8 Å². The molecule has 2 rings (SSSR count). The number of hydrogen-bond acceptors (Lipinski definition) is 2. The second kappa shape index (κ2) is 6.34. The number of rotatable bonds is 2. The van der Waals surface area contributed by atoms with Crippen molar-refractivity contribution in [2.24, 2.45) is 11.7 Å². The molecule has 17 heavy (non-hydrogen) atoms. The van der Waals surface area contributed by atoms with Crippen molar-refractivity contribution < 1.29 is 4.79 Å². The number of allylic oxidation sites excluding steroid dienone is 2. The third-order valence-electron chi connectivity index (χ3n) is 4.26. The minimum absolute atomic E-state index is 0.114. The Morgan fingerprint density at radius 2 is 1.82 bits per heavy atom. The number of carbonyl (C=O) groups is 1. The summed E-state index contributed by atoms with van der Waals surface area (Å²) in [5.74, 6) is 0.494. The zero-order chi connectivity index (χ0) is 12.1. The fourth-order valence-corrected chi connectivity index (χ4v) is 3.14. The van der Waals surface area contributed by atoms with Crippen LogP contribution >= 0.6 is 0 Å². The Kier molecular flexibility index (Phi) is 4.78. The second-order valence-electron chi connectivity index (χ2n) is 5.60. The molecule has 0 amide bonds. The van der Waals surface area contributed by atoms with Crippen LogP contribution in [0.1, 0.15) is 64.2 Å². The average molecular weight is 235 g/mol. The summed E-state index contributed by atoms with van der Waals surface area (Å²) in [6.07, 6.45) is 13.7. The molecule has 2 nitrogen and oxygen atoms in total. The molecule has 0 heterocycles. The van der Waals surface area contributed by atoms with Crippen molar-refractivity contribution in [1.82, 2.24) is 0 Å². The molecule has 96 valence electrons. The normalized spacial score (nSPS) is 31.2. The molecule has 0 aromatic rings. The molecule has 0 aliphatic heterocycles. The van der Waals surface area contributed by atoms with Crippen LogP contribution in [0, 0.1) is 5.92 Å². The maximum absolute atomic E-state index is 12.5. The number of ketones is 1. The van der Waals surface area contributed by atoms with Gasteiger partial charge >= 0.3 is 0 Å². The zero-order valence-corrected chi connectivity index (χ0v) is 10.8. The van der Waals surface area contributed by atoms with E-state index in [0.717, 1.165) is 31.3 Å². The van der Waals surface area contributed by atoms with E-state index in [1.54, 1.807) is 0 Å². The molecule has 2 aliphatic rings. The molecular weight excluding hydrogens is 210 g/mol. The topological polar surface area (TPSA) is 43.1 Å². The van der Waals surface area contributed by atoms with Crippen molar-refractivity contribution in [3.63, 3.8) is 0 Å². The number of nitrogens with two attached hydrogens (primary N) is 1. The van der Waals surface area contributed by atoms with Gasteiger partial charge in [0.1, 0.15) is 0 Å². The van der Waals surface area contributed by atoms with Crippen LogP contribution in [0.4, 0.5) is 0 Å². The summed E-state index contributed by atoms with van der Waals surface area (Å²) in [5.41, 5.74) is 7.20. The van der Waals surface area contributed by atoms with Crippen LogP contribution in [0.25, 0.3) is 0 Å². The van der Waals surface area contributed by atoms with E-state index in [2.05, 4.69) is 6.08 Å². The summed E-state index contributed by atoms with van der Waals surface area (Å²) >= 11 is 0. The van der Waals surface area contributed by atoms with Gasteiger partial charge in [-0.25, -0.2) is 0 Å². The molecular formula is C15H25NO. The van der Waals surface area contributed by atoms with Crippen LogP contribution in [0.2, 0.25) is 0 Å². The SMILES string of the molecule is NC1CCCCC1C(=O)C1=CCCCCCC1. The maximum Gasteiger partial charge on any atom is 0.163 e. The largest absolute Gasteiger partial charge is 0.327 e. The zero-order valence-electron chi connectivity index (χ0n) is 10.8. The standard InChI is InChI=1S/C15H25NO/c16-14-11-7-6-10-13(14)15(17)12-8-4-2-1-3-5-9-12/h8,13-14H,1-7,9-11,16H2. The van der Waals surface area contributed by atoms with Gasteiger partial charge in [-0.1, -0.05) is 31.8 Å². The average Bonchev–Trinajstić information content (AvgIpc) is 2.28. The van der Waals surface area contributed by atoms with E-state index in [1.807, 2.05) is 0 Å². The maximum atomic E-state index is 12.5. The molecule has 0 radical (unpaired) electrons. The minimum Gasteiger partial charge on any atom is -0.327 e. The van der Waals surface area contributed by atoms with Gasteiger partial charge in [0.15, 0.2) is 5.78 Å². The van der Waals surface area contributed by atoms with Gasteiger partial charge in [-0.2, -0.15) is 0 Å². The molecule has 0 saturated heterocycles. The lowest BCUT2D eigenvalue weighted by molar-refractivity contribution is -0.120. The molecule has 0 aromatic heterocycles. The third-order valence-corrected chi connectivity index (χ3v) is 4.26. The highest BCUT2D eigenvalue weighted by Gasteiger charge is 2.29. The molecule has 1 saturated carbocycles. The van der Waals surface area contributed by atoms with E-state index in [4.69, 9.17) is 5.73 Å². The molecule has 2 atom stereocenters. The van der Waals surface area contributed by atoms with Crippen LogP contribution < -0.4 is 5.73 Å². The van der Waals surface area contributed by atoms with E-state index in [-0.39, 0.29) is 12.0 Å². The molecule has 2 aliphatic carbocycles. The summed E-state index contributed by atoms with van der Waals surface area (Å²) in [7, 11) is 0. The highest BCUT2D eigenvalue weighted by atomic mass is 16.1. The van der Waals surface area contributed by atoms with Gasteiger partial charge in [0.05, 0.1) is 0 Å². The quantitative estimate of drug-likeness (QED) is 0.797. The molecule has 0 spiro atoms.